The summed E-state index contributed by atoms with van der Waals surface area (Å²) in [5.74, 6) is 0.254. The average Bonchev–Trinajstić information content (AvgIpc) is 3.05. The minimum atomic E-state index is -0.679. The SMILES string of the molecule is CC(C)N(CCCCC(C)(C)C(=O)O)CC1CC1. The van der Waals surface area contributed by atoms with Crippen LogP contribution >= 0.6 is 0 Å². The molecule has 0 bridgehead atoms. The molecule has 0 heterocycles. The molecule has 1 saturated carbocycles. The summed E-state index contributed by atoms with van der Waals surface area (Å²) < 4.78 is 0. The van der Waals surface area contributed by atoms with Crippen molar-refractivity contribution in [2.24, 2.45) is 11.3 Å². The van der Waals surface area contributed by atoms with Gasteiger partial charge in [0.2, 0.25) is 0 Å². The van der Waals surface area contributed by atoms with Gasteiger partial charge in [-0.15, -0.1) is 0 Å². The first-order valence-corrected chi connectivity index (χ1v) is 7.30. The third kappa shape index (κ3) is 5.38. The number of hydrogen-bond donors (Lipinski definition) is 1. The van der Waals surface area contributed by atoms with Crippen LogP contribution in [-0.2, 0) is 4.79 Å². The summed E-state index contributed by atoms with van der Waals surface area (Å²) in [7, 11) is 0. The van der Waals surface area contributed by atoms with Crippen LogP contribution in [0.2, 0.25) is 0 Å². The minimum absolute atomic E-state index is 0.570. The third-order valence-corrected chi connectivity index (χ3v) is 4.00. The number of carboxylic acids is 1. The summed E-state index contributed by atoms with van der Waals surface area (Å²) in [6.45, 7) is 10.5. The van der Waals surface area contributed by atoms with Gasteiger partial charge >= 0.3 is 5.97 Å². The summed E-state index contributed by atoms with van der Waals surface area (Å²) in [6.07, 6.45) is 5.69. The summed E-state index contributed by atoms with van der Waals surface area (Å²) in [5, 5.41) is 9.05. The van der Waals surface area contributed by atoms with Gasteiger partial charge in [0.05, 0.1) is 5.41 Å². The van der Waals surface area contributed by atoms with Crippen LogP contribution in [-0.4, -0.2) is 35.1 Å². The lowest BCUT2D eigenvalue weighted by atomic mass is 9.87. The standard InChI is InChI=1S/C15H29NO2/c1-12(2)16(11-13-7-8-13)10-6-5-9-15(3,4)14(17)18/h12-13H,5-11H2,1-4H3,(H,17,18). The van der Waals surface area contributed by atoms with E-state index in [0.717, 1.165) is 31.7 Å². The first-order chi connectivity index (χ1) is 8.33. The van der Waals surface area contributed by atoms with Gasteiger partial charge in [-0.2, -0.15) is 0 Å². The Bertz CT molecular complexity index is 270. The van der Waals surface area contributed by atoms with Gasteiger partial charge in [0.15, 0.2) is 0 Å². The van der Waals surface area contributed by atoms with Gasteiger partial charge in [0.1, 0.15) is 0 Å². The first kappa shape index (κ1) is 15.5. The van der Waals surface area contributed by atoms with Crippen LogP contribution < -0.4 is 0 Å². The van der Waals surface area contributed by atoms with Gasteiger partial charge in [0, 0.05) is 12.6 Å². The van der Waals surface area contributed by atoms with Crippen LogP contribution in [0.4, 0.5) is 0 Å². The van der Waals surface area contributed by atoms with Crippen molar-refractivity contribution in [3.63, 3.8) is 0 Å². The lowest BCUT2D eigenvalue weighted by Gasteiger charge is -2.27. The summed E-state index contributed by atoms with van der Waals surface area (Å²) in [6, 6.07) is 0.609. The van der Waals surface area contributed by atoms with Crippen LogP contribution in [0.3, 0.4) is 0 Å². The molecule has 0 unspecified atom stereocenters. The molecule has 106 valence electrons. The van der Waals surface area contributed by atoms with Crippen LogP contribution in [0.5, 0.6) is 0 Å². The molecule has 18 heavy (non-hydrogen) atoms. The molecule has 0 aliphatic heterocycles. The van der Waals surface area contributed by atoms with Gasteiger partial charge in [-0.1, -0.05) is 6.42 Å². The van der Waals surface area contributed by atoms with E-state index in [1.807, 2.05) is 13.8 Å². The summed E-state index contributed by atoms with van der Waals surface area (Å²) in [5.41, 5.74) is -0.570. The maximum absolute atomic E-state index is 11.0. The van der Waals surface area contributed by atoms with Crippen LogP contribution in [0, 0.1) is 11.3 Å². The molecule has 0 atom stereocenters. The highest BCUT2D eigenvalue weighted by atomic mass is 16.4. The Morgan fingerprint density at radius 1 is 1.33 bits per heavy atom. The van der Waals surface area contributed by atoms with Crippen LogP contribution in [0.25, 0.3) is 0 Å². The Balaban J connectivity index is 2.20. The van der Waals surface area contributed by atoms with Crippen molar-refractivity contribution in [1.29, 1.82) is 0 Å². The fraction of sp³-hybridized carbons (Fsp3) is 0.933. The fourth-order valence-electron chi connectivity index (χ4n) is 2.18. The van der Waals surface area contributed by atoms with Gasteiger partial charge in [0.25, 0.3) is 0 Å². The number of aliphatic carboxylic acids is 1. The van der Waals surface area contributed by atoms with Crippen molar-refractivity contribution < 1.29 is 9.90 Å². The number of carboxylic acid groups (broad SMARTS) is 1. The maximum Gasteiger partial charge on any atom is 0.309 e. The molecule has 0 aromatic rings. The Morgan fingerprint density at radius 3 is 2.39 bits per heavy atom. The topological polar surface area (TPSA) is 40.5 Å². The molecular formula is C15H29NO2. The van der Waals surface area contributed by atoms with Gasteiger partial charge in [-0.05, 0) is 65.8 Å². The molecule has 0 saturated heterocycles. The van der Waals surface area contributed by atoms with Crippen molar-refractivity contribution in [2.45, 2.75) is 65.8 Å². The van der Waals surface area contributed by atoms with Crippen molar-refractivity contribution in [2.75, 3.05) is 13.1 Å². The van der Waals surface area contributed by atoms with Crippen molar-refractivity contribution >= 4 is 5.97 Å². The second-order valence-corrected chi connectivity index (χ2v) is 6.68. The predicted octanol–water partition coefficient (Wildman–Crippen LogP) is 3.39. The smallest absolute Gasteiger partial charge is 0.309 e. The zero-order valence-corrected chi connectivity index (χ0v) is 12.4. The van der Waals surface area contributed by atoms with E-state index in [-0.39, 0.29) is 0 Å². The maximum atomic E-state index is 11.0. The fourth-order valence-corrected chi connectivity index (χ4v) is 2.18. The molecule has 3 nitrogen and oxygen atoms in total. The van der Waals surface area contributed by atoms with E-state index in [4.69, 9.17) is 5.11 Å². The Labute approximate surface area is 112 Å². The largest absolute Gasteiger partial charge is 0.481 e. The first-order valence-electron chi connectivity index (χ1n) is 7.30. The van der Waals surface area contributed by atoms with Crippen molar-refractivity contribution in [1.82, 2.24) is 4.90 Å². The molecule has 1 N–H and O–H groups in total. The molecule has 1 aliphatic carbocycles. The second-order valence-electron chi connectivity index (χ2n) is 6.68. The molecule has 0 aromatic heterocycles. The van der Waals surface area contributed by atoms with E-state index >= 15 is 0 Å². The molecule has 1 rings (SSSR count). The van der Waals surface area contributed by atoms with E-state index in [1.54, 1.807) is 0 Å². The highest BCUT2D eigenvalue weighted by Gasteiger charge is 2.27. The lowest BCUT2D eigenvalue weighted by molar-refractivity contribution is -0.147. The molecule has 3 heteroatoms. The summed E-state index contributed by atoms with van der Waals surface area (Å²) in [4.78, 5) is 13.5. The molecule has 1 aliphatic rings. The molecule has 0 radical (unpaired) electrons. The van der Waals surface area contributed by atoms with Gasteiger partial charge in [-0.25, -0.2) is 0 Å². The van der Waals surface area contributed by atoms with Gasteiger partial charge in [-0.3, -0.25) is 4.79 Å². The second kappa shape index (κ2) is 6.55. The minimum Gasteiger partial charge on any atom is -0.481 e. The third-order valence-electron chi connectivity index (χ3n) is 4.00. The number of nitrogens with zero attached hydrogens (tertiary/aromatic N) is 1. The summed E-state index contributed by atoms with van der Waals surface area (Å²) >= 11 is 0. The quantitative estimate of drug-likeness (QED) is 0.642. The normalized spacial score (nSPS) is 16.6. The van der Waals surface area contributed by atoms with Crippen LogP contribution in [0.1, 0.15) is 59.8 Å². The number of unbranched alkanes of at least 4 members (excludes halogenated alkanes) is 1. The molecule has 0 amide bonds. The average molecular weight is 255 g/mol. The Kier molecular flexibility index (Phi) is 5.64. The zero-order valence-electron chi connectivity index (χ0n) is 12.4. The Hall–Kier alpha value is -0.570. The molecule has 0 spiro atoms. The van der Waals surface area contributed by atoms with E-state index < -0.39 is 11.4 Å². The highest BCUT2D eigenvalue weighted by molar-refractivity contribution is 5.73. The van der Waals surface area contributed by atoms with E-state index in [0.29, 0.717) is 6.04 Å². The van der Waals surface area contributed by atoms with E-state index in [2.05, 4.69) is 18.7 Å². The molecule has 1 fully saturated rings. The lowest BCUT2D eigenvalue weighted by Crippen LogP contribution is -2.34. The number of rotatable bonds is 9. The number of hydrogen-bond acceptors (Lipinski definition) is 2. The van der Waals surface area contributed by atoms with Gasteiger partial charge < -0.3 is 10.0 Å². The van der Waals surface area contributed by atoms with E-state index in [1.165, 1.54) is 19.4 Å². The molecule has 0 aromatic carbocycles. The van der Waals surface area contributed by atoms with Crippen molar-refractivity contribution in [3.05, 3.63) is 0 Å². The molecular weight excluding hydrogens is 226 g/mol. The monoisotopic (exact) mass is 255 g/mol. The highest BCUT2D eigenvalue weighted by Crippen LogP contribution is 2.30. The van der Waals surface area contributed by atoms with E-state index in [9.17, 15) is 4.79 Å². The number of carbonyl (C=O) groups is 1. The zero-order chi connectivity index (χ0) is 13.8. The van der Waals surface area contributed by atoms with Crippen LogP contribution in [0.15, 0.2) is 0 Å². The van der Waals surface area contributed by atoms with Crippen molar-refractivity contribution in [3.8, 4) is 0 Å². The predicted molar refractivity (Wildman–Crippen MR) is 74.7 cm³/mol. The Morgan fingerprint density at radius 2 is 1.94 bits per heavy atom.